The number of nitrogens with zero attached hydrogens (tertiary/aromatic N) is 1. The minimum absolute atomic E-state index is 0. The lowest BCUT2D eigenvalue weighted by Gasteiger charge is -2.25. The van der Waals surface area contributed by atoms with Gasteiger partial charge in [-0.2, -0.15) is 0 Å². The van der Waals surface area contributed by atoms with Crippen LogP contribution in [0, 0.1) is 0 Å². The second-order valence-electron chi connectivity index (χ2n) is 7.96. The van der Waals surface area contributed by atoms with Gasteiger partial charge in [0, 0.05) is 18.5 Å². The molecule has 0 saturated carbocycles. The SMILES string of the molecule is C=CC/C1=C/C=C\C=C/C=C2/C=CC=C(O2)C(=O)C(=O)N2CC=CC=C2C(=O)OC(C)C/C=C\C1=O.O. The third-order valence-corrected chi connectivity index (χ3v) is 5.19. The number of hydrogen-bond donors (Lipinski definition) is 0. The van der Waals surface area contributed by atoms with Crippen LogP contribution >= 0.6 is 0 Å². The number of rotatable bonds is 2. The first-order chi connectivity index (χ1) is 17.4. The molecule has 8 heteroatoms. The van der Waals surface area contributed by atoms with Crippen LogP contribution in [-0.4, -0.2) is 46.5 Å². The minimum Gasteiger partial charge on any atom is -0.458 e. The number of esters is 1. The summed E-state index contributed by atoms with van der Waals surface area (Å²) in [4.78, 5) is 52.3. The van der Waals surface area contributed by atoms with Gasteiger partial charge in [-0.1, -0.05) is 60.8 Å². The number of allylic oxidation sites excluding steroid dienone is 14. The number of hydrogen-bond acceptors (Lipinski definition) is 6. The van der Waals surface area contributed by atoms with Gasteiger partial charge in [0.05, 0.1) is 0 Å². The normalized spacial score (nSPS) is 26.2. The fraction of sp³-hybridized carbons (Fsp3) is 0.172. The highest BCUT2D eigenvalue weighted by Crippen LogP contribution is 2.20. The monoisotopic (exact) mass is 503 g/mol. The van der Waals surface area contributed by atoms with Gasteiger partial charge in [-0.15, -0.1) is 6.58 Å². The van der Waals surface area contributed by atoms with Gasteiger partial charge in [0.2, 0.25) is 0 Å². The smallest absolute Gasteiger partial charge is 0.355 e. The van der Waals surface area contributed by atoms with Gasteiger partial charge in [-0.3, -0.25) is 19.3 Å². The highest BCUT2D eigenvalue weighted by Gasteiger charge is 2.33. The predicted octanol–water partition coefficient (Wildman–Crippen LogP) is 3.44. The molecule has 0 aromatic carbocycles. The summed E-state index contributed by atoms with van der Waals surface area (Å²) in [5.41, 5.74) is 0.501. The Morgan fingerprint density at radius 3 is 2.46 bits per heavy atom. The van der Waals surface area contributed by atoms with Crippen molar-refractivity contribution in [3.63, 3.8) is 0 Å². The van der Waals surface area contributed by atoms with Crippen LogP contribution in [0.1, 0.15) is 19.8 Å². The molecule has 1 amide bonds. The largest absolute Gasteiger partial charge is 0.458 e. The zero-order valence-electron chi connectivity index (χ0n) is 20.5. The number of cyclic esters (lactones) is 1. The number of ketones is 2. The lowest BCUT2D eigenvalue weighted by Crippen LogP contribution is -2.41. The first kappa shape index (κ1) is 28.7. The topological polar surface area (TPSA) is 121 Å². The standard InChI is InChI=1S/C29H27NO6.H2O/c1-3-12-22-14-6-4-5-7-15-23-16-11-19-26(36-23)27(32)28(33)30-20-9-8-17-24(30)29(34)35-21(2)13-10-18-25(22)31;/h3-11,14-19,21H,1,12-13,20H2,2H3;1H2/b6-4-,7-5-,18-10-,22-14-,23-15-;. The molecule has 0 radical (unpaired) electrons. The first-order valence-electron chi connectivity index (χ1n) is 11.5. The van der Waals surface area contributed by atoms with Crippen LogP contribution in [0.2, 0.25) is 0 Å². The molecular formula is C29H29NO7. The van der Waals surface area contributed by atoms with E-state index in [-0.39, 0.29) is 35.7 Å². The third-order valence-electron chi connectivity index (χ3n) is 5.19. The van der Waals surface area contributed by atoms with E-state index >= 15 is 0 Å². The zero-order valence-corrected chi connectivity index (χ0v) is 20.5. The van der Waals surface area contributed by atoms with Crippen molar-refractivity contribution in [1.29, 1.82) is 0 Å². The molecule has 0 aromatic heterocycles. The van der Waals surface area contributed by atoms with E-state index in [4.69, 9.17) is 9.47 Å². The number of fused-ring (bicyclic) bond motifs is 3. The maximum atomic E-state index is 13.0. The molecule has 1 atom stereocenters. The number of Topliss-reactive ketones (excluding diaryl/α,β-unsaturated/α-hetero) is 1. The lowest BCUT2D eigenvalue weighted by molar-refractivity contribution is -0.150. The van der Waals surface area contributed by atoms with Crippen LogP contribution < -0.4 is 0 Å². The van der Waals surface area contributed by atoms with Crippen LogP contribution in [0.5, 0.6) is 0 Å². The highest BCUT2D eigenvalue weighted by molar-refractivity contribution is 6.42. The summed E-state index contributed by atoms with van der Waals surface area (Å²) in [6.45, 7) is 5.41. The van der Waals surface area contributed by atoms with Gasteiger partial charge < -0.3 is 14.9 Å². The summed E-state index contributed by atoms with van der Waals surface area (Å²) in [7, 11) is 0. The maximum Gasteiger partial charge on any atom is 0.355 e. The molecule has 0 fully saturated rings. The summed E-state index contributed by atoms with van der Waals surface area (Å²) in [6.07, 6.45) is 24.4. The number of ether oxygens (including phenoxy) is 2. The van der Waals surface area contributed by atoms with Crippen LogP contribution in [-0.2, 0) is 28.7 Å². The van der Waals surface area contributed by atoms with Crippen LogP contribution in [0.15, 0.2) is 121 Å². The molecule has 3 aliphatic rings. The van der Waals surface area contributed by atoms with Gasteiger partial charge in [-0.05, 0) is 43.7 Å². The van der Waals surface area contributed by atoms with Crippen molar-refractivity contribution in [3.8, 4) is 0 Å². The molecule has 1 unspecified atom stereocenters. The predicted molar refractivity (Wildman–Crippen MR) is 139 cm³/mol. The van der Waals surface area contributed by atoms with Crippen LogP contribution in [0.25, 0.3) is 0 Å². The Morgan fingerprint density at radius 1 is 0.946 bits per heavy atom. The molecule has 2 N–H and O–H groups in total. The maximum absolute atomic E-state index is 13.0. The van der Waals surface area contributed by atoms with Crippen molar-refractivity contribution in [2.24, 2.45) is 0 Å². The molecule has 0 aromatic rings. The summed E-state index contributed by atoms with van der Waals surface area (Å²) in [5, 5.41) is 0. The Hall–Kier alpha value is -4.56. The average Bonchev–Trinajstić information content (AvgIpc) is 2.88. The molecule has 3 heterocycles. The Morgan fingerprint density at radius 2 is 1.70 bits per heavy atom. The van der Waals surface area contributed by atoms with Crippen molar-refractivity contribution in [2.45, 2.75) is 25.9 Å². The van der Waals surface area contributed by atoms with E-state index < -0.39 is 23.8 Å². The fourth-order valence-corrected chi connectivity index (χ4v) is 3.37. The van der Waals surface area contributed by atoms with Crippen molar-refractivity contribution in [3.05, 3.63) is 121 Å². The quantitative estimate of drug-likeness (QED) is 0.323. The molecule has 0 aliphatic carbocycles. The molecule has 3 aliphatic heterocycles. The molecule has 192 valence electrons. The van der Waals surface area contributed by atoms with E-state index in [9.17, 15) is 19.2 Å². The Labute approximate surface area is 215 Å². The van der Waals surface area contributed by atoms with E-state index in [0.29, 0.717) is 17.8 Å². The molecule has 3 rings (SSSR count). The molecule has 0 spiro atoms. The third kappa shape index (κ3) is 7.98. The lowest BCUT2D eigenvalue weighted by atomic mass is 10.1. The summed E-state index contributed by atoms with van der Waals surface area (Å²) >= 11 is 0. The second kappa shape index (κ2) is 14.1. The van der Waals surface area contributed by atoms with Crippen molar-refractivity contribution in [2.75, 3.05) is 6.54 Å². The number of carbonyl (C=O) groups excluding carboxylic acids is 4. The van der Waals surface area contributed by atoms with Gasteiger partial charge in [0.15, 0.2) is 11.5 Å². The second-order valence-corrected chi connectivity index (χ2v) is 7.96. The Kier molecular flexibility index (Phi) is 10.9. The van der Waals surface area contributed by atoms with E-state index in [1.54, 1.807) is 79.8 Å². The van der Waals surface area contributed by atoms with Crippen LogP contribution in [0.4, 0.5) is 0 Å². The van der Waals surface area contributed by atoms with Crippen LogP contribution in [0.3, 0.4) is 0 Å². The summed E-state index contributed by atoms with van der Waals surface area (Å²) < 4.78 is 11.1. The average molecular weight is 504 g/mol. The van der Waals surface area contributed by atoms with E-state index in [1.165, 1.54) is 18.2 Å². The molecule has 37 heavy (non-hydrogen) atoms. The van der Waals surface area contributed by atoms with Gasteiger partial charge >= 0.3 is 11.9 Å². The number of amides is 1. The van der Waals surface area contributed by atoms with Gasteiger partial charge in [-0.25, -0.2) is 4.79 Å². The van der Waals surface area contributed by atoms with E-state index in [2.05, 4.69) is 6.58 Å². The molecule has 8 nitrogen and oxygen atoms in total. The number of carbonyl (C=O) groups is 4. The Bertz CT molecular complexity index is 1220. The highest BCUT2D eigenvalue weighted by atomic mass is 16.5. The van der Waals surface area contributed by atoms with Gasteiger partial charge in [0.25, 0.3) is 5.78 Å². The molecule has 0 saturated heterocycles. The summed E-state index contributed by atoms with van der Waals surface area (Å²) in [6, 6.07) is 0. The summed E-state index contributed by atoms with van der Waals surface area (Å²) in [5.74, 6) is -2.52. The molecular weight excluding hydrogens is 474 g/mol. The van der Waals surface area contributed by atoms with E-state index in [0.717, 1.165) is 4.90 Å². The van der Waals surface area contributed by atoms with Crippen molar-refractivity contribution >= 4 is 23.4 Å². The Balaban J connectivity index is 0.00000481. The molecule has 2 bridgehead atoms. The first-order valence-corrected chi connectivity index (χ1v) is 11.5. The fourth-order valence-electron chi connectivity index (χ4n) is 3.37. The van der Waals surface area contributed by atoms with E-state index in [1.807, 2.05) is 0 Å². The minimum atomic E-state index is -0.910. The van der Waals surface area contributed by atoms with Gasteiger partial charge in [0.1, 0.15) is 17.6 Å². The van der Waals surface area contributed by atoms with Crippen molar-refractivity contribution in [1.82, 2.24) is 4.90 Å². The van der Waals surface area contributed by atoms with Crippen molar-refractivity contribution < 1.29 is 34.1 Å². The zero-order chi connectivity index (χ0) is 25.9.